The first-order chi connectivity index (χ1) is 16.4. The largest absolute Gasteiger partial charge is 0.457 e. The molecule has 0 bridgehead atoms. The summed E-state index contributed by atoms with van der Waals surface area (Å²) < 4.78 is 11.5. The van der Waals surface area contributed by atoms with Crippen LogP contribution in [0.1, 0.15) is 39.5 Å². The summed E-state index contributed by atoms with van der Waals surface area (Å²) >= 11 is 11.8. The van der Waals surface area contributed by atoms with Crippen LogP contribution in [0, 0.1) is 0 Å². The van der Waals surface area contributed by atoms with Crippen LogP contribution in [0.5, 0.6) is 0 Å². The van der Waals surface area contributed by atoms with E-state index in [1.165, 1.54) is 57.5 Å². The average molecular weight is 577 g/mol. The quantitative estimate of drug-likeness (QED) is 0.175. The van der Waals surface area contributed by atoms with Gasteiger partial charge in [0.15, 0.2) is 0 Å². The second kappa shape index (κ2) is 14.7. The van der Waals surface area contributed by atoms with E-state index in [0.717, 1.165) is 22.0 Å². The van der Waals surface area contributed by atoms with Gasteiger partial charge in [0.2, 0.25) is 0 Å². The molecule has 0 aromatic rings. The fourth-order valence-corrected chi connectivity index (χ4v) is 12.7. The van der Waals surface area contributed by atoms with E-state index < -0.39 is 0 Å². The zero-order chi connectivity index (χ0) is 24.5. The number of hydrogen-bond acceptors (Lipinski definition) is 10. The van der Waals surface area contributed by atoms with Crippen molar-refractivity contribution >= 4 is 82.5 Å². The summed E-state index contributed by atoms with van der Waals surface area (Å²) in [5, 5.41) is 1.51. The molecule has 1 fully saturated rings. The zero-order valence-corrected chi connectivity index (χ0v) is 24.5. The number of thioether (sulfide) groups is 6. The summed E-state index contributed by atoms with van der Waals surface area (Å²) in [5.41, 5.74) is 0. The van der Waals surface area contributed by atoms with E-state index in [0.29, 0.717) is 22.4 Å². The number of rotatable bonds is 12. The lowest BCUT2D eigenvalue weighted by atomic mass is 10.00. The maximum Gasteiger partial charge on any atom is 0.330 e. The summed E-state index contributed by atoms with van der Waals surface area (Å²) in [6.07, 6.45) is 7.62. The Morgan fingerprint density at radius 3 is 1.53 bits per heavy atom. The highest BCUT2D eigenvalue weighted by atomic mass is 32.2. The highest BCUT2D eigenvalue weighted by molar-refractivity contribution is 8.24. The minimum Gasteiger partial charge on any atom is -0.457 e. The van der Waals surface area contributed by atoms with Gasteiger partial charge >= 0.3 is 11.9 Å². The number of ether oxygens (including phenoxy) is 2. The Hall–Kier alpha value is -0.000000000000000222. The molecule has 3 rings (SSSR count). The molecule has 1 saturated carbocycles. The van der Waals surface area contributed by atoms with Crippen molar-refractivity contribution in [2.75, 3.05) is 24.7 Å². The lowest BCUT2D eigenvalue weighted by Gasteiger charge is -2.29. The summed E-state index contributed by atoms with van der Waals surface area (Å²) in [4.78, 5) is 27.6. The molecule has 0 radical (unpaired) electrons. The second-order valence-electron chi connectivity index (χ2n) is 7.98. The highest BCUT2D eigenvalue weighted by Crippen LogP contribution is 2.49. The number of esters is 2. The molecular weight excluding hydrogens is 545 g/mol. The Morgan fingerprint density at radius 1 is 0.794 bits per heavy atom. The van der Waals surface area contributed by atoms with Crippen LogP contribution in [0.4, 0.5) is 0 Å². The molecule has 2 atom stereocenters. The molecule has 0 saturated heterocycles. The van der Waals surface area contributed by atoms with Gasteiger partial charge in [0.25, 0.3) is 0 Å². The van der Waals surface area contributed by atoms with Crippen LogP contribution in [0.3, 0.4) is 0 Å². The summed E-state index contributed by atoms with van der Waals surface area (Å²) in [5.74, 6) is 1.55. The van der Waals surface area contributed by atoms with Gasteiger partial charge in [0, 0.05) is 44.0 Å². The van der Waals surface area contributed by atoms with Crippen molar-refractivity contribution < 1.29 is 19.1 Å². The first kappa shape index (κ1) is 28.6. The van der Waals surface area contributed by atoms with Gasteiger partial charge in [-0.15, -0.1) is 47.0 Å². The van der Waals surface area contributed by atoms with E-state index in [4.69, 9.17) is 9.47 Å². The third-order valence-corrected chi connectivity index (χ3v) is 15.1. The molecule has 2 aliphatic heterocycles. The van der Waals surface area contributed by atoms with E-state index >= 15 is 0 Å². The van der Waals surface area contributed by atoms with Gasteiger partial charge in [-0.1, -0.05) is 13.2 Å². The standard InChI is InChI=1S/C24H32O4S6/c1-5-21(25)27-11-19-15(3)31-23(33-19)13-29-17-7-9-18(10-8-17)30-14-24-32-16(4)20(34-24)12-28-22(26)6-2/h5-6,17-18,23-24H,1-2,7-14H2,3-4H3. The summed E-state index contributed by atoms with van der Waals surface area (Å²) in [7, 11) is 0. The van der Waals surface area contributed by atoms with E-state index in [2.05, 4.69) is 50.5 Å². The zero-order valence-electron chi connectivity index (χ0n) is 19.6. The molecular formula is C24H32O4S6. The Labute approximate surface area is 229 Å². The fraction of sp³-hybridized carbons (Fsp3) is 0.583. The van der Waals surface area contributed by atoms with E-state index in [1.807, 2.05) is 47.0 Å². The first-order valence-corrected chi connectivity index (χ1v) is 16.9. The van der Waals surface area contributed by atoms with Gasteiger partial charge in [-0.05, 0) is 49.3 Å². The maximum absolute atomic E-state index is 11.3. The molecule has 2 unspecified atom stereocenters. The lowest BCUT2D eigenvalue weighted by Crippen LogP contribution is -2.20. The second-order valence-corrected chi connectivity index (χ2v) is 16.7. The molecule has 2 heterocycles. The monoisotopic (exact) mass is 576 g/mol. The normalized spacial score (nSPS) is 27.1. The molecule has 0 aromatic carbocycles. The number of allylic oxidation sites excluding steroid dienone is 2. The minimum absolute atomic E-state index is 0.357. The van der Waals surface area contributed by atoms with Crippen LogP contribution in [-0.2, 0) is 19.1 Å². The first-order valence-electron chi connectivity index (χ1n) is 11.3. The van der Waals surface area contributed by atoms with Gasteiger partial charge in [0.1, 0.15) is 13.2 Å². The van der Waals surface area contributed by atoms with Crippen LogP contribution < -0.4 is 0 Å². The molecule has 0 aromatic heterocycles. The summed E-state index contributed by atoms with van der Waals surface area (Å²) in [6.45, 7) is 11.9. The Morgan fingerprint density at radius 2 is 1.18 bits per heavy atom. The number of carbonyl (C=O) groups excluding carboxylic acids is 2. The van der Waals surface area contributed by atoms with Crippen LogP contribution in [-0.4, -0.2) is 56.3 Å². The minimum atomic E-state index is -0.357. The number of carbonyl (C=O) groups is 2. The predicted molar refractivity (Wildman–Crippen MR) is 157 cm³/mol. The van der Waals surface area contributed by atoms with Crippen molar-refractivity contribution in [3.8, 4) is 0 Å². The Kier molecular flexibility index (Phi) is 12.3. The average Bonchev–Trinajstić information content (AvgIpc) is 3.39. The van der Waals surface area contributed by atoms with E-state index in [1.54, 1.807) is 0 Å². The molecule has 0 amide bonds. The molecule has 0 N–H and O–H groups in total. The third-order valence-electron chi connectivity index (χ3n) is 5.53. The van der Waals surface area contributed by atoms with Crippen LogP contribution in [0.15, 0.2) is 44.9 Å². The number of hydrogen-bond donors (Lipinski definition) is 0. The van der Waals surface area contributed by atoms with E-state index in [9.17, 15) is 9.59 Å². The molecule has 10 heteroatoms. The molecule has 34 heavy (non-hydrogen) atoms. The molecule has 188 valence electrons. The van der Waals surface area contributed by atoms with Crippen molar-refractivity contribution in [1.82, 2.24) is 0 Å². The summed E-state index contributed by atoms with van der Waals surface area (Å²) in [6, 6.07) is 0. The van der Waals surface area contributed by atoms with Gasteiger partial charge in [-0.2, -0.15) is 23.5 Å². The lowest BCUT2D eigenvalue weighted by molar-refractivity contribution is -0.137. The van der Waals surface area contributed by atoms with Crippen LogP contribution >= 0.6 is 70.6 Å². The van der Waals surface area contributed by atoms with Crippen LogP contribution in [0.2, 0.25) is 0 Å². The topological polar surface area (TPSA) is 52.6 Å². The van der Waals surface area contributed by atoms with Gasteiger partial charge in [0.05, 0.1) is 9.16 Å². The van der Waals surface area contributed by atoms with E-state index in [-0.39, 0.29) is 11.9 Å². The van der Waals surface area contributed by atoms with Crippen molar-refractivity contribution in [2.24, 2.45) is 0 Å². The van der Waals surface area contributed by atoms with Crippen molar-refractivity contribution in [3.05, 3.63) is 44.9 Å². The fourth-order valence-electron chi connectivity index (χ4n) is 3.65. The van der Waals surface area contributed by atoms with Crippen LogP contribution in [0.25, 0.3) is 0 Å². The molecule has 4 nitrogen and oxygen atoms in total. The van der Waals surface area contributed by atoms with Crippen molar-refractivity contribution in [3.63, 3.8) is 0 Å². The smallest absolute Gasteiger partial charge is 0.330 e. The molecule has 0 spiro atoms. The maximum atomic E-state index is 11.3. The van der Waals surface area contributed by atoms with Gasteiger partial charge in [-0.3, -0.25) is 0 Å². The van der Waals surface area contributed by atoms with Gasteiger partial charge < -0.3 is 9.47 Å². The highest BCUT2D eigenvalue weighted by Gasteiger charge is 2.29. The molecule has 3 aliphatic rings. The Balaban J connectivity index is 1.27. The third kappa shape index (κ3) is 9.14. The van der Waals surface area contributed by atoms with Crippen molar-refractivity contribution in [1.29, 1.82) is 0 Å². The Bertz CT molecular complexity index is 763. The predicted octanol–water partition coefficient (Wildman–Crippen LogP) is 7.30. The van der Waals surface area contributed by atoms with Gasteiger partial charge in [-0.25, -0.2) is 9.59 Å². The SMILES string of the molecule is C=CC(=O)OCC1=C(C)SC(CSC2CCC(SCC3SC(C)=C(COC(=O)C=C)S3)CC2)S1. The van der Waals surface area contributed by atoms with Crippen molar-refractivity contribution in [2.45, 2.75) is 59.2 Å². The molecule has 1 aliphatic carbocycles.